The third kappa shape index (κ3) is 1.64. The zero-order chi connectivity index (χ0) is 11.8. The molecular formula is C9H12N6OS. The summed E-state index contributed by atoms with van der Waals surface area (Å²) < 4.78 is 11.9. The molecule has 1 N–H and O–H groups in total. The number of anilines is 1. The number of fused-ring (bicyclic) bond motifs is 1. The smallest absolute Gasteiger partial charge is 0.272 e. The van der Waals surface area contributed by atoms with Gasteiger partial charge in [-0.05, 0) is 17.2 Å². The zero-order valence-corrected chi connectivity index (χ0v) is 10.1. The molecule has 0 aliphatic carbocycles. The Hall–Kier alpha value is -1.70. The Morgan fingerprint density at radius 2 is 2.53 bits per heavy atom. The average molecular weight is 252 g/mol. The Morgan fingerprint density at radius 1 is 1.65 bits per heavy atom. The maximum Gasteiger partial charge on any atom is 0.272 e. The number of hydrogen-bond acceptors (Lipinski definition) is 6. The number of rotatable bonds is 2. The molecule has 2 aliphatic rings. The van der Waals surface area contributed by atoms with Crippen molar-refractivity contribution in [2.75, 3.05) is 11.4 Å². The molecule has 0 spiro atoms. The zero-order valence-electron chi connectivity index (χ0n) is 9.28. The van der Waals surface area contributed by atoms with Gasteiger partial charge in [0.05, 0.1) is 10.8 Å². The van der Waals surface area contributed by atoms with Crippen LogP contribution in [0.1, 0.15) is 13.3 Å². The maximum atomic E-state index is 11.9. The molecule has 1 aromatic heterocycles. The van der Waals surface area contributed by atoms with E-state index in [0.29, 0.717) is 5.95 Å². The van der Waals surface area contributed by atoms with Gasteiger partial charge in [-0.3, -0.25) is 9.11 Å². The Balaban J connectivity index is 2.01. The van der Waals surface area contributed by atoms with Crippen molar-refractivity contribution in [2.45, 2.75) is 18.8 Å². The minimum atomic E-state index is -1.07. The monoisotopic (exact) mass is 252 g/mol. The van der Waals surface area contributed by atoms with E-state index in [-0.39, 0.29) is 5.50 Å². The molecule has 0 radical (unpaired) electrons. The highest BCUT2D eigenvalue weighted by Crippen LogP contribution is 2.28. The molecular weight excluding hydrogens is 240 g/mol. The van der Waals surface area contributed by atoms with E-state index in [2.05, 4.69) is 27.5 Å². The van der Waals surface area contributed by atoms with E-state index in [4.69, 9.17) is 0 Å². The van der Waals surface area contributed by atoms with Crippen LogP contribution in [0, 0.1) is 0 Å². The van der Waals surface area contributed by atoms with Crippen molar-refractivity contribution >= 4 is 16.7 Å². The second-order valence-electron chi connectivity index (χ2n) is 3.87. The normalized spacial score (nSPS) is 27.2. The fraction of sp³-hybridized carbons (Fsp3) is 0.444. The lowest BCUT2D eigenvalue weighted by atomic mass is 10.2. The van der Waals surface area contributed by atoms with Crippen molar-refractivity contribution in [2.24, 2.45) is 0 Å². The van der Waals surface area contributed by atoms with Crippen molar-refractivity contribution in [3.8, 4) is 0 Å². The maximum absolute atomic E-state index is 11.9. The van der Waals surface area contributed by atoms with Crippen molar-refractivity contribution in [3.63, 3.8) is 0 Å². The largest absolute Gasteiger partial charge is 0.342 e. The van der Waals surface area contributed by atoms with Crippen LogP contribution in [0.25, 0.3) is 0 Å². The first-order valence-corrected chi connectivity index (χ1v) is 6.62. The van der Waals surface area contributed by atoms with Crippen LogP contribution in [-0.4, -0.2) is 41.8 Å². The molecule has 7 nitrogen and oxygen atoms in total. The van der Waals surface area contributed by atoms with Gasteiger partial charge >= 0.3 is 0 Å². The molecule has 17 heavy (non-hydrogen) atoms. The molecule has 8 heteroatoms. The number of tetrazole rings is 1. The summed E-state index contributed by atoms with van der Waals surface area (Å²) in [6.45, 7) is 2.90. The van der Waals surface area contributed by atoms with Crippen LogP contribution in [0.4, 0.5) is 5.95 Å². The lowest BCUT2D eigenvalue weighted by Crippen LogP contribution is -2.48. The van der Waals surface area contributed by atoms with E-state index >= 15 is 0 Å². The molecule has 0 aromatic carbocycles. The SMILES string of the molecule is CCC1=CN(c2nn[nH]n2)C2N(C=CS2=O)C1. The van der Waals surface area contributed by atoms with Gasteiger partial charge in [0.15, 0.2) is 5.50 Å². The number of aromatic amines is 1. The molecule has 1 aromatic rings. The van der Waals surface area contributed by atoms with Crippen LogP contribution in [-0.2, 0) is 10.8 Å². The Morgan fingerprint density at radius 3 is 3.24 bits per heavy atom. The van der Waals surface area contributed by atoms with Crippen molar-refractivity contribution < 1.29 is 4.21 Å². The number of hydrogen-bond donors (Lipinski definition) is 1. The van der Waals surface area contributed by atoms with Crippen molar-refractivity contribution in [3.05, 3.63) is 23.4 Å². The highest BCUT2D eigenvalue weighted by Gasteiger charge is 2.36. The van der Waals surface area contributed by atoms with Gasteiger partial charge in [0.25, 0.3) is 5.95 Å². The standard InChI is InChI=1S/C9H12N6OS/c1-2-7-5-14-3-4-17(16)9(14)15(6-7)8-10-12-13-11-8/h3-4,6,9H,2,5H2,1H3,(H,10,11,12,13). The molecule has 0 fully saturated rings. The molecule has 0 saturated carbocycles. The summed E-state index contributed by atoms with van der Waals surface area (Å²) in [4.78, 5) is 3.84. The van der Waals surface area contributed by atoms with Gasteiger partial charge < -0.3 is 4.90 Å². The topological polar surface area (TPSA) is 78.0 Å². The number of nitrogens with one attached hydrogen (secondary N) is 1. The van der Waals surface area contributed by atoms with E-state index in [1.807, 2.05) is 22.2 Å². The third-order valence-electron chi connectivity index (χ3n) is 2.84. The Bertz CT molecular complexity index is 496. The third-order valence-corrected chi connectivity index (χ3v) is 4.15. The summed E-state index contributed by atoms with van der Waals surface area (Å²) in [7, 11) is -1.07. The fourth-order valence-electron chi connectivity index (χ4n) is 1.98. The lowest BCUT2D eigenvalue weighted by Gasteiger charge is -2.36. The number of aromatic nitrogens is 4. The second-order valence-corrected chi connectivity index (χ2v) is 5.22. The van der Waals surface area contributed by atoms with Gasteiger partial charge in [-0.25, -0.2) is 0 Å². The van der Waals surface area contributed by atoms with Crippen molar-refractivity contribution in [1.82, 2.24) is 25.5 Å². The molecule has 3 rings (SSSR count). The Labute approximate surface area is 101 Å². The predicted octanol–water partition coefficient (Wildman–Crippen LogP) is 0.133. The highest BCUT2D eigenvalue weighted by atomic mass is 32.2. The Kier molecular flexibility index (Phi) is 2.43. The molecule has 2 aliphatic heterocycles. The summed E-state index contributed by atoms with van der Waals surface area (Å²) in [5, 5.41) is 15.6. The van der Waals surface area contributed by atoms with Gasteiger partial charge in [0, 0.05) is 24.4 Å². The summed E-state index contributed by atoms with van der Waals surface area (Å²) in [5.74, 6) is 0.447. The van der Waals surface area contributed by atoms with Crippen molar-refractivity contribution in [1.29, 1.82) is 0 Å². The lowest BCUT2D eigenvalue weighted by molar-refractivity contribution is 0.363. The molecule has 3 heterocycles. The summed E-state index contributed by atoms with van der Waals surface area (Å²) in [5.41, 5.74) is 0.998. The first kappa shape index (κ1) is 10.5. The van der Waals surface area contributed by atoms with E-state index < -0.39 is 10.8 Å². The van der Waals surface area contributed by atoms with E-state index in [9.17, 15) is 4.21 Å². The minimum Gasteiger partial charge on any atom is -0.342 e. The van der Waals surface area contributed by atoms with Crippen LogP contribution >= 0.6 is 0 Å². The molecule has 0 bridgehead atoms. The van der Waals surface area contributed by atoms with E-state index in [1.54, 1.807) is 5.41 Å². The second kappa shape index (κ2) is 3.95. The quantitative estimate of drug-likeness (QED) is 0.806. The van der Waals surface area contributed by atoms with Crippen LogP contribution in [0.3, 0.4) is 0 Å². The first-order valence-electron chi connectivity index (χ1n) is 5.34. The molecule has 2 unspecified atom stereocenters. The van der Waals surface area contributed by atoms with E-state index in [1.165, 1.54) is 5.57 Å². The average Bonchev–Trinajstić information content (AvgIpc) is 2.98. The molecule has 2 atom stereocenters. The first-order chi connectivity index (χ1) is 8.29. The van der Waals surface area contributed by atoms with Gasteiger partial charge in [-0.15, -0.1) is 5.10 Å². The van der Waals surface area contributed by atoms with Gasteiger partial charge in [0.2, 0.25) is 0 Å². The predicted molar refractivity (Wildman–Crippen MR) is 62.8 cm³/mol. The molecule has 0 saturated heterocycles. The molecule has 0 amide bonds. The number of H-pyrrole nitrogens is 1. The van der Waals surface area contributed by atoms with Crippen LogP contribution in [0.2, 0.25) is 0 Å². The summed E-state index contributed by atoms with van der Waals surface area (Å²) in [6.07, 6.45) is 4.78. The van der Waals surface area contributed by atoms with Crippen LogP contribution < -0.4 is 4.90 Å². The summed E-state index contributed by atoms with van der Waals surface area (Å²) >= 11 is 0. The van der Waals surface area contributed by atoms with Crippen LogP contribution in [0.15, 0.2) is 23.4 Å². The van der Waals surface area contributed by atoms with E-state index in [0.717, 1.165) is 13.0 Å². The van der Waals surface area contributed by atoms with Gasteiger partial charge in [0.1, 0.15) is 0 Å². The highest BCUT2D eigenvalue weighted by molar-refractivity contribution is 7.88. The van der Waals surface area contributed by atoms with Gasteiger partial charge in [-0.2, -0.15) is 5.21 Å². The molecule has 90 valence electrons. The number of nitrogens with zero attached hydrogens (tertiary/aromatic N) is 5. The minimum absolute atomic E-state index is 0.247. The van der Waals surface area contributed by atoms with Crippen LogP contribution in [0.5, 0.6) is 0 Å². The fourth-order valence-corrected chi connectivity index (χ4v) is 3.19. The van der Waals surface area contributed by atoms with Gasteiger partial charge in [-0.1, -0.05) is 12.0 Å². The summed E-state index contributed by atoms with van der Waals surface area (Å²) in [6, 6.07) is 0.